The van der Waals surface area contributed by atoms with E-state index in [2.05, 4.69) is 72.8 Å². The molecule has 8 aromatic carbocycles. The lowest BCUT2D eigenvalue weighted by Gasteiger charge is -2.36. The minimum atomic E-state index is -0.528. The summed E-state index contributed by atoms with van der Waals surface area (Å²) in [6, 6.07) is 42.7. The Balaban J connectivity index is 1.35. The zero-order valence-electron chi connectivity index (χ0n) is 24.3. The van der Waals surface area contributed by atoms with Crippen LogP contribution in [0.5, 0.6) is 23.0 Å². The molecule has 4 nitrogen and oxygen atoms in total. The number of hydrogen-bond acceptors (Lipinski definition) is 4. The summed E-state index contributed by atoms with van der Waals surface area (Å²) in [5.74, 6) is 3.36. The number of hydrogen-bond donors (Lipinski definition) is 0. The fourth-order valence-corrected chi connectivity index (χ4v) is 8.64. The van der Waals surface area contributed by atoms with E-state index in [1.165, 1.54) is 54.6 Å². The van der Waals surface area contributed by atoms with Crippen molar-refractivity contribution in [1.82, 2.24) is 0 Å². The Kier molecular flexibility index (Phi) is 4.11. The van der Waals surface area contributed by atoms with Crippen molar-refractivity contribution in [2.75, 3.05) is 0 Å². The molecule has 6 heteroatoms. The predicted molar refractivity (Wildman–Crippen MR) is 185 cm³/mol. The summed E-state index contributed by atoms with van der Waals surface area (Å²) in [5, 5.41) is 7.36. The highest BCUT2D eigenvalue weighted by atomic mass is 16.6. The van der Waals surface area contributed by atoms with E-state index in [0.717, 1.165) is 56.2 Å². The van der Waals surface area contributed by atoms with Gasteiger partial charge in [-0.1, -0.05) is 97.1 Å². The first kappa shape index (κ1) is 23.5. The third kappa shape index (κ3) is 2.68. The van der Waals surface area contributed by atoms with Crippen LogP contribution in [0, 0.1) is 0 Å². The number of benzene rings is 8. The molecule has 0 unspecified atom stereocenters. The van der Waals surface area contributed by atoms with Crippen LogP contribution in [0.3, 0.4) is 0 Å². The minimum absolute atomic E-state index is 0.528. The van der Waals surface area contributed by atoms with E-state index in [9.17, 15) is 0 Å². The Bertz CT molecular complexity index is 2320. The van der Waals surface area contributed by atoms with Gasteiger partial charge in [0.1, 0.15) is 23.0 Å². The fourth-order valence-electron chi connectivity index (χ4n) is 8.64. The first-order valence-corrected chi connectivity index (χ1v) is 15.7. The Morgan fingerprint density at radius 2 is 0.565 bits per heavy atom. The van der Waals surface area contributed by atoms with E-state index < -0.39 is 14.2 Å². The van der Waals surface area contributed by atoms with E-state index in [0.29, 0.717) is 0 Å². The molecule has 0 N–H and O–H groups in total. The summed E-state index contributed by atoms with van der Waals surface area (Å²) in [6.45, 7) is 0. The molecule has 0 radical (unpaired) electrons. The molecule has 210 valence electrons. The van der Waals surface area contributed by atoms with E-state index in [4.69, 9.17) is 18.6 Å². The predicted octanol–water partition coefficient (Wildman–Crippen LogP) is 8.21. The topological polar surface area (TPSA) is 36.9 Å². The molecule has 0 atom stereocenters. The molecule has 12 rings (SSSR count). The molecule has 4 heterocycles. The molecule has 0 aromatic heterocycles. The van der Waals surface area contributed by atoms with Crippen LogP contribution in [0.4, 0.5) is 0 Å². The molecular formula is C40H20B2O4. The van der Waals surface area contributed by atoms with Gasteiger partial charge in [-0.15, -0.1) is 0 Å². The lowest BCUT2D eigenvalue weighted by Crippen LogP contribution is -2.49. The Hall–Kier alpha value is -5.87. The zero-order chi connectivity index (χ0) is 29.7. The zero-order valence-corrected chi connectivity index (χ0v) is 24.3. The maximum atomic E-state index is 6.58. The first-order chi connectivity index (χ1) is 22.8. The molecule has 4 aliphatic heterocycles. The number of rotatable bonds is 0. The van der Waals surface area contributed by atoms with E-state index in [1.807, 2.05) is 48.5 Å². The standard InChI is InChI=1S/C40H20B2O4/c1-5-13-29-21(9-1)35-25-17-18-27-34-28(20-19-26(33(25)34)36-22-10-2-6-14-30(22)44-41(43-29)39(35)36)38-24-12-4-8-16-32(24)46-42-40(38)37(27)23-11-3-7-15-31(23)45-42/h1-20H. The van der Waals surface area contributed by atoms with Crippen LogP contribution in [0.15, 0.2) is 121 Å². The van der Waals surface area contributed by atoms with Crippen molar-refractivity contribution in [3.8, 4) is 67.5 Å². The summed E-state index contributed by atoms with van der Waals surface area (Å²) in [7, 11) is -1.06. The van der Waals surface area contributed by atoms with E-state index in [1.54, 1.807) is 0 Å². The third-order valence-electron chi connectivity index (χ3n) is 10.3. The molecule has 0 amide bonds. The SMILES string of the molecule is c1ccc2c(c1)OB1Oc3ccccc3-c3c1c-2c1ccc2c4c5c(c6ccc3c1c26)-c1ccccc1OB5Oc1ccccc1-4. The normalized spacial score (nSPS) is 14.3. The average Bonchev–Trinajstić information content (AvgIpc) is 3.11. The van der Waals surface area contributed by atoms with Gasteiger partial charge in [0, 0.05) is 33.2 Å². The average molecular weight is 586 g/mol. The number of fused-ring (bicyclic) bond motifs is 12. The summed E-state index contributed by atoms with van der Waals surface area (Å²) < 4.78 is 26.3. The molecule has 46 heavy (non-hydrogen) atoms. The Labute approximate surface area is 264 Å². The summed E-state index contributed by atoms with van der Waals surface area (Å²) >= 11 is 0. The minimum Gasteiger partial charge on any atom is -0.521 e. The highest BCUT2D eigenvalue weighted by Gasteiger charge is 2.46. The lowest BCUT2D eigenvalue weighted by molar-refractivity contribution is 0.435. The molecule has 0 saturated heterocycles. The summed E-state index contributed by atoms with van der Waals surface area (Å²) in [4.78, 5) is 0. The quantitative estimate of drug-likeness (QED) is 0.133. The third-order valence-corrected chi connectivity index (χ3v) is 10.3. The van der Waals surface area contributed by atoms with Gasteiger partial charge in [-0.2, -0.15) is 0 Å². The summed E-state index contributed by atoms with van der Waals surface area (Å²) in [6.07, 6.45) is 0. The van der Waals surface area contributed by atoms with E-state index in [-0.39, 0.29) is 0 Å². The molecule has 0 bridgehead atoms. The van der Waals surface area contributed by atoms with Crippen molar-refractivity contribution in [2.24, 2.45) is 0 Å². The van der Waals surface area contributed by atoms with Crippen LogP contribution in [-0.4, -0.2) is 14.2 Å². The van der Waals surface area contributed by atoms with Crippen LogP contribution >= 0.6 is 0 Å². The van der Waals surface area contributed by atoms with Crippen molar-refractivity contribution < 1.29 is 18.6 Å². The molecule has 4 aliphatic rings. The van der Waals surface area contributed by atoms with Crippen LogP contribution < -0.4 is 29.5 Å². The van der Waals surface area contributed by atoms with Crippen molar-refractivity contribution >= 4 is 57.5 Å². The van der Waals surface area contributed by atoms with Gasteiger partial charge >= 0.3 is 14.2 Å². The largest absolute Gasteiger partial charge is 0.634 e. The Morgan fingerprint density at radius 3 is 0.848 bits per heavy atom. The monoisotopic (exact) mass is 586 g/mol. The fraction of sp³-hybridized carbons (Fsp3) is 0. The van der Waals surface area contributed by atoms with Gasteiger partial charge in [0.15, 0.2) is 0 Å². The van der Waals surface area contributed by atoms with Gasteiger partial charge in [0.05, 0.1) is 0 Å². The Morgan fingerprint density at radius 1 is 0.304 bits per heavy atom. The molecule has 0 spiro atoms. The second-order valence-electron chi connectivity index (χ2n) is 12.5. The van der Waals surface area contributed by atoms with Gasteiger partial charge in [-0.05, 0) is 78.8 Å². The van der Waals surface area contributed by atoms with Crippen LogP contribution in [0.2, 0.25) is 0 Å². The maximum Gasteiger partial charge on any atom is 0.634 e. The van der Waals surface area contributed by atoms with Crippen molar-refractivity contribution in [3.63, 3.8) is 0 Å². The first-order valence-electron chi connectivity index (χ1n) is 15.7. The highest BCUT2D eigenvalue weighted by Crippen LogP contribution is 2.53. The van der Waals surface area contributed by atoms with Gasteiger partial charge < -0.3 is 18.6 Å². The van der Waals surface area contributed by atoms with Gasteiger partial charge in [-0.25, -0.2) is 0 Å². The summed E-state index contributed by atoms with van der Waals surface area (Å²) in [5.41, 5.74) is 11.3. The second-order valence-corrected chi connectivity index (χ2v) is 12.5. The second kappa shape index (κ2) is 8.04. The van der Waals surface area contributed by atoms with Crippen LogP contribution in [0.25, 0.3) is 76.8 Å². The molecule has 8 aromatic rings. The smallest absolute Gasteiger partial charge is 0.521 e. The van der Waals surface area contributed by atoms with Crippen LogP contribution in [0.1, 0.15) is 0 Å². The van der Waals surface area contributed by atoms with Crippen LogP contribution in [-0.2, 0) is 0 Å². The lowest BCUT2D eigenvalue weighted by atomic mass is 9.62. The number of para-hydroxylation sites is 4. The molecular weight excluding hydrogens is 566 g/mol. The highest BCUT2D eigenvalue weighted by molar-refractivity contribution is 6.71. The van der Waals surface area contributed by atoms with Gasteiger partial charge in [0.25, 0.3) is 0 Å². The molecule has 0 fully saturated rings. The maximum absolute atomic E-state index is 6.58. The van der Waals surface area contributed by atoms with Crippen molar-refractivity contribution in [2.45, 2.75) is 0 Å². The van der Waals surface area contributed by atoms with Gasteiger partial charge in [0.2, 0.25) is 0 Å². The van der Waals surface area contributed by atoms with Crippen molar-refractivity contribution in [1.29, 1.82) is 0 Å². The van der Waals surface area contributed by atoms with Crippen molar-refractivity contribution in [3.05, 3.63) is 121 Å². The van der Waals surface area contributed by atoms with Gasteiger partial charge in [-0.3, -0.25) is 0 Å². The van der Waals surface area contributed by atoms with E-state index >= 15 is 0 Å². The molecule has 0 saturated carbocycles. The molecule has 0 aliphatic carbocycles.